The Labute approximate surface area is 126 Å². The predicted octanol–water partition coefficient (Wildman–Crippen LogP) is 0.700. The Kier molecular flexibility index (Phi) is 5.39. The molecule has 0 spiro atoms. The number of carbonyl (C=O) groups excluding carboxylic acids is 3. The number of sulfonamides is 1. The standard InChI is InChI=1S/C12H12N2O7S/c1-14(12(17)21-3)8-4-5-9(11(16)20-2)10(6-8)22(18,19)13-7-15/h4-6H,1-3H3. The van der Waals surface area contributed by atoms with E-state index in [4.69, 9.17) is 0 Å². The van der Waals surface area contributed by atoms with Crippen molar-refractivity contribution in [1.82, 2.24) is 0 Å². The van der Waals surface area contributed by atoms with E-state index in [9.17, 15) is 22.8 Å². The third kappa shape index (κ3) is 3.48. The number of esters is 1. The molecule has 0 saturated heterocycles. The summed E-state index contributed by atoms with van der Waals surface area (Å²) < 4.78 is 35.5. The molecule has 118 valence electrons. The highest BCUT2D eigenvalue weighted by Crippen LogP contribution is 2.25. The molecule has 0 fully saturated rings. The van der Waals surface area contributed by atoms with E-state index in [0.717, 1.165) is 37.3 Å². The van der Waals surface area contributed by atoms with Crippen molar-refractivity contribution in [3.05, 3.63) is 23.8 Å². The van der Waals surface area contributed by atoms with Crippen LogP contribution in [0.3, 0.4) is 0 Å². The summed E-state index contributed by atoms with van der Waals surface area (Å²) in [6.45, 7) is 0. The molecule has 0 bridgehead atoms. The summed E-state index contributed by atoms with van der Waals surface area (Å²) in [6, 6.07) is 3.44. The zero-order valence-corrected chi connectivity index (χ0v) is 12.7. The quantitative estimate of drug-likeness (QED) is 0.453. The lowest BCUT2D eigenvalue weighted by Gasteiger charge is -2.17. The van der Waals surface area contributed by atoms with Gasteiger partial charge in [-0.1, -0.05) is 4.40 Å². The molecule has 10 heteroatoms. The summed E-state index contributed by atoms with van der Waals surface area (Å²) in [5.41, 5.74) is -0.220. The summed E-state index contributed by atoms with van der Waals surface area (Å²) in [4.78, 5) is 33.7. The van der Waals surface area contributed by atoms with Crippen molar-refractivity contribution in [1.29, 1.82) is 0 Å². The lowest BCUT2D eigenvalue weighted by Crippen LogP contribution is -2.26. The smallest absolute Gasteiger partial charge is 0.413 e. The Balaban J connectivity index is 3.57. The van der Waals surface area contributed by atoms with E-state index >= 15 is 0 Å². The minimum Gasteiger partial charge on any atom is -0.465 e. The molecule has 0 unspecified atom stereocenters. The Bertz CT molecular complexity index is 751. The van der Waals surface area contributed by atoms with Gasteiger partial charge >= 0.3 is 12.1 Å². The number of anilines is 1. The second-order valence-corrected chi connectivity index (χ2v) is 5.43. The van der Waals surface area contributed by atoms with Crippen LogP contribution in [0.15, 0.2) is 27.5 Å². The highest BCUT2D eigenvalue weighted by molar-refractivity contribution is 7.90. The minimum atomic E-state index is -4.46. The molecule has 1 rings (SSSR count). The Hall–Kier alpha value is -2.71. The number of benzene rings is 1. The van der Waals surface area contributed by atoms with Gasteiger partial charge in [-0.15, -0.1) is 0 Å². The summed E-state index contributed by atoms with van der Waals surface area (Å²) in [7, 11) is -0.917. The van der Waals surface area contributed by atoms with E-state index in [1.165, 1.54) is 13.1 Å². The van der Waals surface area contributed by atoms with Gasteiger partial charge in [0, 0.05) is 12.7 Å². The number of ether oxygens (including phenoxy) is 2. The fraction of sp³-hybridized carbons (Fsp3) is 0.250. The van der Waals surface area contributed by atoms with Gasteiger partial charge in [0.15, 0.2) is 0 Å². The first-order valence-corrected chi connectivity index (χ1v) is 7.10. The van der Waals surface area contributed by atoms with Crippen molar-refractivity contribution in [2.45, 2.75) is 4.90 Å². The number of hydrogen-bond donors (Lipinski definition) is 0. The molecule has 0 atom stereocenters. The summed E-state index contributed by atoms with van der Waals surface area (Å²) >= 11 is 0. The van der Waals surface area contributed by atoms with Crippen molar-refractivity contribution >= 4 is 33.9 Å². The van der Waals surface area contributed by atoms with Crippen LogP contribution in [0.2, 0.25) is 0 Å². The van der Waals surface area contributed by atoms with E-state index in [1.54, 1.807) is 0 Å². The van der Waals surface area contributed by atoms with Gasteiger partial charge in [0.25, 0.3) is 16.1 Å². The number of hydrogen-bond acceptors (Lipinski definition) is 7. The number of nitrogens with zero attached hydrogens (tertiary/aromatic N) is 2. The van der Waals surface area contributed by atoms with Crippen LogP contribution in [-0.2, 0) is 24.3 Å². The lowest BCUT2D eigenvalue weighted by atomic mass is 10.2. The molecule has 1 amide bonds. The van der Waals surface area contributed by atoms with Gasteiger partial charge in [0.2, 0.25) is 0 Å². The maximum absolute atomic E-state index is 11.9. The van der Waals surface area contributed by atoms with Crippen LogP contribution < -0.4 is 4.90 Å². The summed E-state index contributed by atoms with van der Waals surface area (Å²) in [5, 5.41) is 0. The molecule has 0 aliphatic heterocycles. The molecule has 0 radical (unpaired) electrons. The van der Waals surface area contributed by atoms with Gasteiger partial charge in [-0.25, -0.2) is 14.4 Å². The van der Waals surface area contributed by atoms with E-state index < -0.39 is 27.0 Å². The van der Waals surface area contributed by atoms with Crippen molar-refractivity contribution in [3.63, 3.8) is 0 Å². The molecule has 0 aliphatic rings. The van der Waals surface area contributed by atoms with Gasteiger partial charge in [-0.05, 0) is 18.2 Å². The number of amides is 1. The second-order valence-electron chi connectivity index (χ2n) is 3.86. The maximum atomic E-state index is 11.9. The Morgan fingerprint density at radius 1 is 1.23 bits per heavy atom. The first kappa shape index (κ1) is 17.3. The van der Waals surface area contributed by atoms with Gasteiger partial charge in [-0.2, -0.15) is 8.42 Å². The topological polar surface area (TPSA) is 119 Å². The fourth-order valence-electron chi connectivity index (χ4n) is 1.55. The molecule has 0 heterocycles. The molecule has 22 heavy (non-hydrogen) atoms. The predicted molar refractivity (Wildman–Crippen MR) is 73.9 cm³/mol. The van der Waals surface area contributed by atoms with E-state index in [0.29, 0.717) is 0 Å². The zero-order chi connectivity index (χ0) is 16.9. The van der Waals surface area contributed by atoms with E-state index in [1.807, 2.05) is 0 Å². The van der Waals surface area contributed by atoms with Crippen LogP contribution >= 0.6 is 0 Å². The normalized spacial score (nSPS) is 10.3. The van der Waals surface area contributed by atoms with Crippen LogP contribution in [0.1, 0.15) is 10.4 Å². The first-order chi connectivity index (χ1) is 10.3. The summed E-state index contributed by atoms with van der Waals surface area (Å²) in [5.74, 6) is -0.938. The molecular weight excluding hydrogens is 316 g/mol. The van der Waals surface area contributed by atoms with Crippen LogP contribution in [0.4, 0.5) is 10.5 Å². The first-order valence-electron chi connectivity index (χ1n) is 5.66. The fourth-order valence-corrected chi connectivity index (χ4v) is 2.45. The van der Waals surface area contributed by atoms with Gasteiger partial charge < -0.3 is 9.47 Å². The highest BCUT2D eigenvalue weighted by atomic mass is 32.2. The van der Waals surface area contributed by atoms with Crippen molar-refractivity contribution in [2.75, 3.05) is 26.2 Å². The number of rotatable bonds is 4. The molecule has 0 saturated carbocycles. The third-order valence-corrected chi connectivity index (χ3v) is 3.85. The maximum Gasteiger partial charge on any atom is 0.413 e. The van der Waals surface area contributed by atoms with Crippen LogP contribution in [0, 0.1) is 0 Å². The monoisotopic (exact) mass is 328 g/mol. The third-order valence-electron chi connectivity index (χ3n) is 2.64. The van der Waals surface area contributed by atoms with Crippen LogP contribution in [-0.4, -0.2) is 47.8 Å². The molecule has 1 aromatic carbocycles. The van der Waals surface area contributed by atoms with Crippen molar-refractivity contribution < 1.29 is 32.3 Å². The van der Waals surface area contributed by atoms with Crippen LogP contribution in [0.5, 0.6) is 0 Å². The molecule has 9 nitrogen and oxygen atoms in total. The molecule has 0 aromatic heterocycles. The van der Waals surface area contributed by atoms with Crippen molar-refractivity contribution in [3.8, 4) is 0 Å². The Morgan fingerprint density at radius 2 is 1.86 bits per heavy atom. The van der Waals surface area contributed by atoms with Gasteiger partial charge in [-0.3, -0.25) is 4.90 Å². The van der Waals surface area contributed by atoms with Crippen molar-refractivity contribution in [2.24, 2.45) is 4.40 Å². The average Bonchev–Trinajstić information content (AvgIpc) is 2.51. The number of isocyanates is 1. The largest absolute Gasteiger partial charge is 0.465 e. The number of methoxy groups -OCH3 is 2. The average molecular weight is 328 g/mol. The van der Waals surface area contributed by atoms with Gasteiger partial charge in [0.05, 0.1) is 19.8 Å². The SMILES string of the molecule is COC(=O)c1ccc(N(C)C(=O)OC)cc1S(=O)(=O)N=C=O. The molecular formula is C12H12N2O7S. The summed E-state index contributed by atoms with van der Waals surface area (Å²) in [6.07, 6.45) is 0.147. The van der Waals surface area contributed by atoms with Gasteiger partial charge in [0.1, 0.15) is 4.90 Å². The zero-order valence-electron chi connectivity index (χ0n) is 11.9. The molecule has 1 aromatic rings. The molecule has 0 aliphatic carbocycles. The van der Waals surface area contributed by atoms with E-state index in [-0.39, 0.29) is 11.3 Å². The van der Waals surface area contributed by atoms with Crippen LogP contribution in [0.25, 0.3) is 0 Å². The Morgan fingerprint density at radius 3 is 2.36 bits per heavy atom. The van der Waals surface area contributed by atoms with E-state index in [2.05, 4.69) is 13.9 Å². The molecule has 0 N–H and O–H groups in total. The highest BCUT2D eigenvalue weighted by Gasteiger charge is 2.25. The lowest BCUT2D eigenvalue weighted by molar-refractivity contribution is 0.0596. The second kappa shape index (κ2) is 6.83. The minimum absolute atomic E-state index is 0.110. The number of carbonyl (C=O) groups is 2.